The van der Waals surface area contributed by atoms with Gasteiger partial charge in [-0.1, -0.05) is 6.07 Å². The number of aromatic nitrogens is 3. The third-order valence-electron chi connectivity index (χ3n) is 5.41. The molecule has 5 rings (SSSR count). The Bertz CT molecular complexity index is 1030. The number of likely N-dealkylation sites (tertiary alicyclic amines) is 2. The number of aromatic amines is 1. The minimum atomic E-state index is -0.250. The highest BCUT2D eigenvalue weighted by Crippen LogP contribution is 2.32. The van der Waals surface area contributed by atoms with Crippen molar-refractivity contribution in [1.82, 2.24) is 25.0 Å². The molecule has 2 aliphatic rings. The Morgan fingerprint density at radius 2 is 2.14 bits per heavy atom. The van der Waals surface area contributed by atoms with Gasteiger partial charge in [0.2, 0.25) is 0 Å². The number of hydrogen-bond donors (Lipinski definition) is 2. The Morgan fingerprint density at radius 3 is 2.75 bits per heavy atom. The highest BCUT2D eigenvalue weighted by molar-refractivity contribution is 7.13. The van der Waals surface area contributed by atoms with E-state index in [9.17, 15) is 4.79 Å². The van der Waals surface area contributed by atoms with Gasteiger partial charge in [-0.2, -0.15) is 5.10 Å². The number of piperazine rings is 1. The molecule has 2 saturated heterocycles. The number of H-pyrrole nitrogens is 1. The van der Waals surface area contributed by atoms with E-state index in [1.54, 1.807) is 11.3 Å². The first kappa shape index (κ1) is 18.6. The summed E-state index contributed by atoms with van der Waals surface area (Å²) in [6.07, 6.45) is 1.08. The highest BCUT2D eigenvalue weighted by Gasteiger charge is 2.44. The molecule has 28 heavy (non-hydrogen) atoms. The molecule has 4 heterocycles. The number of rotatable bonds is 2. The molecule has 1 amide bonds. The van der Waals surface area contributed by atoms with E-state index in [4.69, 9.17) is 9.90 Å². The molecule has 2 bridgehead atoms. The first-order valence-electron chi connectivity index (χ1n) is 9.01. The van der Waals surface area contributed by atoms with Crippen LogP contribution in [0.3, 0.4) is 0 Å². The maximum absolute atomic E-state index is 13.0. The number of benzene rings is 1. The smallest absolute Gasteiger partial charge is 0.290 e. The van der Waals surface area contributed by atoms with Crippen molar-refractivity contribution in [2.45, 2.75) is 25.4 Å². The second kappa shape index (κ2) is 7.33. The van der Waals surface area contributed by atoms with E-state index >= 15 is 0 Å². The van der Waals surface area contributed by atoms with Crippen LogP contribution in [0.5, 0.6) is 0 Å². The van der Waals surface area contributed by atoms with Gasteiger partial charge in [0.1, 0.15) is 5.01 Å². The summed E-state index contributed by atoms with van der Waals surface area (Å²) in [5, 5.41) is 18.2. The van der Waals surface area contributed by atoms with Crippen molar-refractivity contribution >= 4 is 34.6 Å². The summed E-state index contributed by atoms with van der Waals surface area (Å²) in [4.78, 5) is 30.2. The minimum absolute atomic E-state index is 0.0460. The van der Waals surface area contributed by atoms with Crippen LogP contribution in [0.2, 0.25) is 0 Å². The molecule has 2 N–H and O–H groups in total. The average Bonchev–Trinajstić information content (AvgIpc) is 3.44. The normalized spacial score (nSPS) is 21.0. The zero-order valence-electron chi connectivity index (χ0n) is 15.6. The number of hydrogen-bond acceptors (Lipinski definition) is 6. The number of amides is 1. The molecule has 1 aromatic carbocycles. The molecule has 0 spiro atoms. The van der Waals surface area contributed by atoms with Crippen LogP contribution >= 0.6 is 11.3 Å². The van der Waals surface area contributed by atoms with Crippen molar-refractivity contribution in [1.29, 1.82) is 0 Å². The summed E-state index contributed by atoms with van der Waals surface area (Å²) in [5.41, 5.74) is 3.49. The standard InChI is InChI=1S/C18H19N5OS.CH2O2/c1-10-9-25-17(19-10)11-3-4-14-15(5-11)20-21-16(14)18(24)23-8-12-6-13(23)7-22(12)2;2-1-3/h3-5,9,12-13H,6-8H2,1-2H3,(H,20,21);1H,(H,2,3)/t12-,13-;/m0./s1. The first-order chi connectivity index (χ1) is 13.5. The molecule has 2 fully saturated rings. The van der Waals surface area contributed by atoms with Crippen LogP contribution in [-0.4, -0.2) is 74.7 Å². The predicted molar refractivity (Wildman–Crippen MR) is 106 cm³/mol. The summed E-state index contributed by atoms with van der Waals surface area (Å²) in [7, 11) is 2.14. The summed E-state index contributed by atoms with van der Waals surface area (Å²) < 4.78 is 0. The van der Waals surface area contributed by atoms with E-state index in [1.165, 1.54) is 0 Å². The second-order valence-electron chi connectivity index (χ2n) is 7.17. The number of nitrogens with one attached hydrogen (secondary N) is 1. The number of carbonyl (C=O) groups is 2. The van der Waals surface area contributed by atoms with Crippen LogP contribution in [0, 0.1) is 6.92 Å². The van der Waals surface area contributed by atoms with Crippen molar-refractivity contribution in [2.75, 3.05) is 20.1 Å². The molecule has 9 heteroatoms. The number of carbonyl (C=O) groups excluding carboxylic acids is 1. The number of aryl methyl sites for hydroxylation is 1. The van der Waals surface area contributed by atoms with Crippen LogP contribution in [0.15, 0.2) is 23.6 Å². The van der Waals surface area contributed by atoms with E-state index in [0.29, 0.717) is 17.8 Å². The fourth-order valence-electron chi connectivity index (χ4n) is 4.05. The SMILES string of the molecule is Cc1csc(-c2ccc3c(C(=O)N4C[C@@H]5C[C@H]4CN5C)n[nH]c3c2)n1.O=CO. The zero-order chi connectivity index (χ0) is 19.8. The maximum Gasteiger partial charge on any atom is 0.290 e. The zero-order valence-corrected chi connectivity index (χ0v) is 16.4. The largest absolute Gasteiger partial charge is 0.483 e. The summed E-state index contributed by atoms with van der Waals surface area (Å²) in [6, 6.07) is 6.86. The molecule has 2 aromatic heterocycles. The number of carboxylic acid groups (broad SMARTS) is 1. The van der Waals surface area contributed by atoms with E-state index in [1.807, 2.05) is 35.4 Å². The molecule has 0 radical (unpaired) electrons. The summed E-state index contributed by atoms with van der Waals surface area (Å²) >= 11 is 1.63. The van der Waals surface area contributed by atoms with Crippen LogP contribution < -0.4 is 0 Å². The Morgan fingerprint density at radius 1 is 1.36 bits per heavy atom. The molecule has 0 unspecified atom stereocenters. The van der Waals surface area contributed by atoms with Crippen molar-refractivity contribution in [2.24, 2.45) is 0 Å². The Labute approximate surface area is 165 Å². The lowest BCUT2D eigenvalue weighted by atomic mass is 10.1. The quantitative estimate of drug-likeness (QED) is 0.641. The van der Waals surface area contributed by atoms with E-state index < -0.39 is 0 Å². The lowest BCUT2D eigenvalue weighted by Crippen LogP contribution is -2.47. The van der Waals surface area contributed by atoms with Gasteiger partial charge >= 0.3 is 0 Å². The number of thiazole rings is 1. The van der Waals surface area contributed by atoms with Crippen LogP contribution in [-0.2, 0) is 4.79 Å². The molecule has 3 aromatic rings. The van der Waals surface area contributed by atoms with Gasteiger partial charge in [-0.15, -0.1) is 11.3 Å². The predicted octanol–water partition coefficient (Wildman–Crippen LogP) is 2.22. The van der Waals surface area contributed by atoms with Gasteiger partial charge in [0.05, 0.1) is 5.52 Å². The lowest BCUT2D eigenvalue weighted by molar-refractivity contribution is -0.122. The Balaban J connectivity index is 0.000000604. The summed E-state index contributed by atoms with van der Waals surface area (Å²) in [6.45, 7) is 3.52. The highest BCUT2D eigenvalue weighted by atomic mass is 32.1. The van der Waals surface area contributed by atoms with Gasteiger partial charge in [-0.3, -0.25) is 19.6 Å². The molecule has 0 saturated carbocycles. The molecule has 2 atom stereocenters. The first-order valence-corrected chi connectivity index (χ1v) is 9.89. The lowest BCUT2D eigenvalue weighted by Gasteiger charge is -2.31. The van der Waals surface area contributed by atoms with Crippen molar-refractivity contribution in [3.63, 3.8) is 0 Å². The topological polar surface area (TPSA) is 102 Å². The third kappa shape index (κ3) is 3.16. The minimum Gasteiger partial charge on any atom is -0.483 e. The summed E-state index contributed by atoms with van der Waals surface area (Å²) in [5.74, 6) is 0.0460. The van der Waals surface area contributed by atoms with Gasteiger partial charge in [0, 0.05) is 47.2 Å². The second-order valence-corrected chi connectivity index (χ2v) is 8.03. The van der Waals surface area contributed by atoms with E-state index in [0.717, 1.165) is 46.7 Å². The maximum atomic E-state index is 13.0. The monoisotopic (exact) mass is 399 g/mol. The fraction of sp³-hybridized carbons (Fsp3) is 0.368. The van der Waals surface area contributed by atoms with Gasteiger partial charge in [-0.25, -0.2) is 4.98 Å². The third-order valence-corrected chi connectivity index (χ3v) is 6.42. The molecule has 146 valence electrons. The van der Waals surface area contributed by atoms with Crippen molar-refractivity contribution in [3.05, 3.63) is 35.0 Å². The van der Waals surface area contributed by atoms with Crippen molar-refractivity contribution < 1.29 is 14.7 Å². The van der Waals surface area contributed by atoms with Crippen molar-refractivity contribution in [3.8, 4) is 10.6 Å². The van der Waals surface area contributed by atoms with Gasteiger partial charge in [-0.05, 0) is 32.5 Å². The molecular formula is C19H21N5O3S. The van der Waals surface area contributed by atoms with Crippen LogP contribution in [0.1, 0.15) is 22.6 Å². The Hall–Kier alpha value is -2.78. The Kier molecular flexibility index (Phi) is 4.86. The average molecular weight is 399 g/mol. The number of likely N-dealkylation sites (N-methyl/N-ethyl adjacent to an activating group) is 1. The molecule has 8 nitrogen and oxygen atoms in total. The van der Waals surface area contributed by atoms with Crippen LogP contribution in [0.4, 0.5) is 0 Å². The number of nitrogens with zero attached hydrogens (tertiary/aromatic N) is 4. The number of fused-ring (bicyclic) bond motifs is 3. The van der Waals surface area contributed by atoms with E-state index in [2.05, 4.69) is 27.1 Å². The molecular weight excluding hydrogens is 378 g/mol. The molecule has 2 aliphatic heterocycles. The van der Waals surface area contributed by atoms with Gasteiger partial charge < -0.3 is 10.0 Å². The fourth-order valence-corrected chi connectivity index (χ4v) is 4.85. The van der Waals surface area contributed by atoms with Gasteiger partial charge in [0.25, 0.3) is 12.4 Å². The van der Waals surface area contributed by atoms with E-state index in [-0.39, 0.29) is 12.4 Å². The molecule has 0 aliphatic carbocycles. The van der Waals surface area contributed by atoms with Crippen LogP contribution in [0.25, 0.3) is 21.5 Å². The van der Waals surface area contributed by atoms with Gasteiger partial charge in [0.15, 0.2) is 5.69 Å².